The summed E-state index contributed by atoms with van der Waals surface area (Å²) in [6.07, 6.45) is 0.583. The third kappa shape index (κ3) is 2.90. The van der Waals surface area contributed by atoms with E-state index in [0.717, 1.165) is 10.0 Å². The number of nitrogen functional groups attached to an aromatic ring is 1. The van der Waals surface area contributed by atoms with Crippen LogP contribution >= 0.6 is 27.5 Å². The molecule has 0 amide bonds. The number of halogens is 2. The average Bonchev–Trinajstić information content (AvgIpc) is 2.20. The highest BCUT2D eigenvalue weighted by atomic mass is 79.9. The molecule has 4 nitrogen and oxygen atoms in total. The molecule has 1 aromatic heterocycles. The van der Waals surface area contributed by atoms with E-state index >= 15 is 0 Å². The number of hydrogen-bond acceptors (Lipinski definition) is 4. The molecule has 1 aromatic carbocycles. The molecule has 0 unspecified atom stereocenters. The number of hydrogen-bond donors (Lipinski definition) is 1. The molecule has 0 fully saturated rings. The van der Waals surface area contributed by atoms with Crippen LogP contribution in [0.1, 0.15) is 11.4 Å². The molecule has 2 N–H and O–H groups in total. The third-order valence-electron chi connectivity index (χ3n) is 1.95. The highest BCUT2D eigenvalue weighted by Crippen LogP contribution is 2.13. The molecule has 0 atom stereocenters. The van der Waals surface area contributed by atoms with Gasteiger partial charge in [-0.05, 0) is 29.3 Å². The van der Waals surface area contributed by atoms with Crippen LogP contribution in [0.2, 0.25) is 5.28 Å². The Morgan fingerprint density at radius 3 is 2.44 bits per heavy atom. The zero-order valence-corrected chi connectivity index (χ0v) is 10.5. The van der Waals surface area contributed by atoms with Gasteiger partial charge in [-0.3, -0.25) is 0 Å². The second kappa shape index (κ2) is 4.76. The largest absolute Gasteiger partial charge is 0.368 e. The van der Waals surface area contributed by atoms with Crippen molar-refractivity contribution in [3.8, 4) is 0 Å². The lowest BCUT2D eigenvalue weighted by atomic mass is 10.1. The van der Waals surface area contributed by atoms with E-state index in [9.17, 15) is 0 Å². The summed E-state index contributed by atoms with van der Waals surface area (Å²) in [6.45, 7) is 0. The van der Waals surface area contributed by atoms with E-state index in [2.05, 4.69) is 30.9 Å². The lowest BCUT2D eigenvalue weighted by Crippen LogP contribution is -2.03. The molecule has 82 valence electrons. The molecule has 16 heavy (non-hydrogen) atoms. The lowest BCUT2D eigenvalue weighted by molar-refractivity contribution is 0.929. The highest BCUT2D eigenvalue weighted by molar-refractivity contribution is 9.10. The van der Waals surface area contributed by atoms with Crippen LogP contribution in [0, 0.1) is 0 Å². The van der Waals surface area contributed by atoms with Gasteiger partial charge in [0.15, 0.2) is 0 Å². The van der Waals surface area contributed by atoms with Gasteiger partial charge in [-0.15, -0.1) is 0 Å². The van der Waals surface area contributed by atoms with Gasteiger partial charge in [-0.1, -0.05) is 28.1 Å². The van der Waals surface area contributed by atoms with E-state index in [0.29, 0.717) is 12.2 Å². The second-order valence-corrected chi connectivity index (χ2v) is 4.44. The Kier molecular flexibility index (Phi) is 3.36. The number of aromatic nitrogens is 3. The van der Waals surface area contributed by atoms with Gasteiger partial charge in [0.2, 0.25) is 11.2 Å². The first kappa shape index (κ1) is 11.3. The Bertz CT molecular complexity index is 480. The van der Waals surface area contributed by atoms with E-state index in [1.807, 2.05) is 24.3 Å². The van der Waals surface area contributed by atoms with Crippen molar-refractivity contribution in [2.45, 2.75) is 6.42 Å². The first-order chi connectivity index (χ1) is 7.63. The number of anilines is 1. The maximum absolute atomic E-state index is 5.69. The Morgan fingerprint density at radius 1 is 1.12 bits per heavy atom. The van der Waals surface area contributed by atoms with E-state index in [-0.39, 0.29) is 11.2 Å². The SMILES string of the molecule is Nc1nc(Cl)nc(Cc2ccc(Br)cc2)n1. The van der Waals surface area contributed by atoms with Crippen LogP contribution in [0.3, 0.4) is 0 Å². The predicted molar refractivity (Wildman–Crippen MR) is 66.2 cm³/mol. The standard InChI is InChI=1S/C10H8BrClN4/c11-7-3-1-6(2-4-7)5-8-14-9(12)16-10(13)15-8/h1-4H,5H2,(H2,13,14,15,16). The maximum Gasteiger partial charge on any atom is 0.227 e. The van der Waals surface area contributed by atoms with Crippen molar-refractivity contribution in [1.82, 2.24) is 15.0 Å². The zero-order valence-electron chi connectivity index (χ0n) is 8.19. The van der Waals surface area contributed by atoms with Gasteiger partial charge in [0.25, 0.3) is 0 Å². The van der Waals surface area contributed by atoms with Gasteiger partial charge in [0.05, 0.1) is 0 Å². The minimum atomic E-state index is 0.125. The maximum atomic E-state index is 5.69. The van der Waals surface area contributed by atoms with Gasteiger partial charge < -0.3 is 5.73 Å². The van der Waals surface area contributed by atoms with Gasteiger partial charge in [-0.25, -0.2) is 4.98 Å². The van der Waals surface area contributed by atoms with Gasteiger partial charge in [0.1, 0.15) is 5.82 Å². The van der Waals surface area contributed by atoms with Crippen LogP contribution in [-0.4, -0.2) is 15.0 Å². The number of nitrogens with zero attached hydrogens (tertiary/aromatic N) is 3. The van der Waals surface area contributed by atoms with Crippen molar-refractivity contribution in [2.75, 3.05) is 5.73 Å². The summed E-state index contributed by atoms with van der Waals surface area (Å²) in [5.74, 6) is 0.715. The number of rotatable bonds is 2. The first-order valence-corrected chi connectivity index (χ1v) is 5.71. The summed E-state index contributed by atoms with van der Waals surface area (Å²) in [6, 6.07) is 7.89. The zero-order chi connectivity index (χ0) is 11.5. The molecule has 2 aromatic rings. The second-order valence-electron chi connectivity index (χ2n) is 3.18. The molecule has 2 rings (SSSR count). The molecule has 0 radical (unpaired) electrons. The van der Waals surface area contributed by atoms with Gasteiger partial charge >= 0.3 is 0 Å². The van der Waals surface area contributed by atoms with E-state index < -0.39 is 0 Å². The summed E-state index contributed by atoms with van der Waals surface area (Å²) in [5, 5.41) is 0.125. The molecule has 0 bridgehead atoms. The van der Waals surface area contributed by atoms with Crippen molar-refractivity contribution in [1.29, 1.82) is 0 Å². The molecule has 0 saturated carbocycles. The summed E-state index contributed by atoms with van der Waals surface area (Å²) >= 11 is 9.06. The molecule has 6 heteroatoms. The van der Waals surface area contributed by atoms with Crippen LogP contribution in [0.25, 0.3) is 0 Å². The monoisotopic (exact) mass is 298 g/mol. The predicted octanol–water partition coefficient (Wildman–Crippen LogP) is 2.46. The summed E-state index contributed by atoms with van der Waals surface area (Å²) in [5.41, 5.74) is 6.57. The molecular weight excluding hydrogens is 291 g/mol. The Labute approximate surface area is 106 Å². The molecule has 0 aliphatic heterocycles. The minimum Gasteiger partial charge on any atom is -0.368 e. The van der Waals surface area contributed by atoms with Crippen molar-refractivity contribution >= 4 is 33.5 Å². The molecule has 0 spiro atoms. The van der Waals surface area contributed by atoms with Crippen LogP contribution in [0.5, 0.6) is 0 Å². The highest BCUT2D eigenvalue weighted by Gasteiger charge is 2.03. The molecule has 0 aliphatic rings. The van der Waals surface area contributed by atoms with Crippen LogP contribution in [-0.2, 0) is 6.42 Å². The topological polar surface area (TPSA) is 64.7 Å². The lowest BCUT2D eigenvalue weighted by Gasteiger charge is -2.01. The average molecular weight is 300 g/mol. The summed E-state index contributed by atoms with van der Waals surface area (Å²) in [7, 11) is 0. The smallest absolute Gasteiger partial charge is 0.227 e. The molecule has 0 aliphatic carbocycles. The van der Waals surface area contributed by atoms with Crippen LogP contribution in [0.4, 0.5) is 5.95 Å². The number of benzene rings is 1. The van der Waals surface area contributed by atoms with Crippen molar-refractivity contribution in [3.05, 3.63) is 45.4 Å². The van der Waals surface area contributed by atoms with E-state index in [1.165, 1.54) is 0 Å². The van der Waals surface area contributed by atoms with Crippen molar-refractivity contribution < 1.29 is 0 Å². The van der Waals surface area contributed by atoms with Crippen LogP contribution in [0.15, 0.2) is 28.7 Å². The van der Waals surface area contributed by atoms with Crippen LogP contribution < -0.4 is 5.73 Å². The molecule has 1 heterocycles. The molecule has 0 saturated heterocycles. The normalized spacial score (nSPS) is 10.4. The first-order valence-electron chi connectivity index (χ1n) is 4.54. The van der Waals surface area contributed by atoms with E-state index in [4.69, 9.17) is 17.3 Å². The number of nitrogens with two attached hydrogens (primary N) is 1. The minimum absolute atomic E-state index is 0.125. The van der Waals surface area contributed by atoms with Crippen molar-refractivity contribution in [3.63, 3.8) is 0 Å². The fraction of sp³-hybridized carbons (Fsp3) is 0.100. The Morgan fingerprint density at radius 2 is 1.81 bits per heavy atom. The van der Waals surface area contributed by atoms with Crippen molar-refractivity contribution in [2.24, 2.45) is 0 Å². The summed E-state index contributed by atoms with van der Waals surface area (Å²) < 4.78 is 1.03. The summed E-state index contributed by atoms with van der Waals surface area (Å²) in [4.78, 5) is 11.7. The Hall–Kier alpha value is -1.20. The fourth-order valence-corrected chi connectivity index (χ4v) is 1.72. The van der Waals surface area contributed by atoms with Gasteiger partial charge in [-0.2, -0.15) is 9.97 Å². The van der Waals surface area contributed by atoms with Gasteiger partial charge in [0, 0.05) is 10.9 Å². The Balaban J connectivity index is 2.23. The third-order valence-corrected chi connectivity index (χ3v) is 2.64. The fourth-order valence-electron chi connectivity index (χ4n) is 1.27. The quantitative estimate of drug-likeness (QED) is 0.925. The molecular formula is C10H8BrClN4. The van der Waals surface area contributed by atoms with E-state index in [1.54, 1.807) is 0 Å².